The molecule has 1 aliphatic heterocycles. The summed E-state index contributed by atoms with van der Waals surface area (Å²) in [5, 5.41) is -0.699. The lowest BCUT2D eigenvalue weighted by atomic mass is 10.2. The Kier molecular flexibility index (Phi) is 4.03. The molecule has 0 spiro atoms. The van der Waals surface area contributed by atoms with Gasteiger partial charge in [0.1, 0.15) is 5.82 Å². The summed E-state index contributed by atoms with van der Waals surface area (Å²) in [4.78, 5) is -0.188. The van der Waals surface area contributed by atoms with E-state index in [1.165, 1.54) is 0 Å². The fourth-order valence-electron chi connectivity index (χ4n) is 2.06. The number of sulfonamides is 1. The number of benzene rings is 1. The van der Waals surface area contributed by atoms with Gasteiger partial charge in [0.15, 0.2) is 9.84 Å². The molecular formula is C11H15FN2O4S2. The van der Waals surface area contributed by atoms with Crippen LogP contribution in [0.5, 0.6) is 0 Å². The molecule has 0 amide bonds. The number of sulfone groups is 1. The Morgan fingerprint density at radius 1 is 1.40 bits per heavy atom. The Hall–Kier alpha value is -1.19. The fraction of sp³-hybridized carbons (Fsp3) is 0.455. The highest BCUT2D eigenvalue weighted by atomic mass is 32.2. The molecule has 9 heteroatoms. The van der Waals surface area contributed by atoms with Gasteiger partial charge in [-0.3, -0.25) is 0 Å². The molecule has 0 aliphatic carbocycles. The molecule has 1 aliphatic rings. The Balaban J connectivity index is 2.13. The largest absolute Gasteiger partial charge is 0.396 e. The van der Waals surface area contributed by atoms with Crippen molar-refractivity contribution in [3.63, 3.8) is 0 Å². The van der Waals surface area contributed by atoms with Gasteiger partial charge in [0.05, 0.1) is 21.6 Å². The first kappa shape index (κ1) is 15.2. The Labute approximate surface area is 117 Å². The van der Waals surface area contributed by atoms with E-state index in [9.17, 15) is 21.2 Å². The third-order valence-corrected chi connectivity index (χ3v) is 6.94. The summed E-state index contributed by atoms with van der Waals surface area (Å²) in [5.41, 5.74) is 5.04. The van der Waals surface area contributed by atoms with E-state index in [1.54, 1.807) is 0 Å². The zero-order valence-electron chi connectivity index (χ0n) is 10.5. The van der Waals surface area contributed by atoms with Gasteiger partial charge in [0.2, 0.25) is 10.0 Å². The van der Waals surface area contributed by atoms with Crippen molar-refractivity contribution >= 4 is 25.5 Å². The maximum atomic E-state index is 13.0. The van der Waals surface area contributed by atoms with Gasteiger partial charge < -0.3 is 5.73 Å². The van der Waals surface area contributed by atoms with Gasteiger partial charge in [-0.05, 0) is 31.0 Å². The Morgan fingerprint density at radius 3 is 2.65 bits per heavy atom. The van der Waals surface area contributed by atoms with Crippen LogP contribution < -0.4 is 10.5 Å². The second-order valence-corrected chi connectivity index (χ2v) is 8.83. The lowest BCUT2D eigenvalue weighted by Crippen LogP contribution is -2.34. The smallest absolute Gasteiger partial charge is 0.240 e. The van der Waals surface area contributed by atoms with Crippen molar-refractivity contribution in [2.24, 2.45) is 0 Å². The monoisotopic (exact) mass is 322 g/mol. The van der Waals surface area contributed by atoms with Crippen LogP contribution in [0.2, 0.25) is 0 Å². The maximum Gasteiger partial charge on any atom is 0.240 e. The highest BCUT2D eigenvalue weighted by molar-refractivity contribution is 7.92. The van der Waals surface area contributed by atoms with Crippen molar-refractivity contribution in [3.8, 4) is 0 Å². The molecule has 1 atom stereocenters. The minimum absolute atomic E-state index is 0.0862. The summed E-state index contributed by atoms with van der Waals surface area (Å²) in [5.74, 6) is -0.620. The molecule has 0 bridgehead atoms. The number of nitrogens with one attached hydrogen (secondary N) is 1. The standard InChI is InChI=1S/C11H15FN2O4S2/c12-10-4-3-8(6-11(10)13)20(17,18)14-7-9-2-1-5-19(9,15)16/h3-4,6,9,14H,1-2,5,7,13H2. The van der Waals surface area contributed by atoms with E-state index in [2.05, 4.69) is 4.72 Å². The molecule has 3 N–H and O–H groups in total. The van der Waals surface area contributed by atoms with Crippen LogP contribution in [0.1, 0.15) is 12.8 Å². The van der Waals surface area contributed by atoms with E-state index >= 15 is 0 Å². The summed E-state index contributed by atoms with van der Waals surface area (Å²) in [6.07, 6.45) is 0.981. The van der Waals surface area contributed by atoms with Crippen molar-refractivity contribution in [2.75, 3.05) is 18.0 Å². The third kappa shape index (κ3) is 3.10. The molecule has 1 aromatic rings. The van der Waals surface area contributed by atoms with Crippen molar-refractivity contribution in [1.82, 2.24) is 4.72 Å². The zero-order chi connectivity index (χ0) is 15.0. The number of anilines is 1. The lowest BCUT2D eigenvalue weighted by Gasteiger charge is -2.11. The quantitative estimate of drug-likeness (QED) is 0.774. The molecule has 0 saturated carbocycles. The molecule has 1 unspecified atom stereocenters. The Morgan fingerprint density at radius 2 is 2.10 bits per heavy atom. The first-order valence-electron chi connectivity index (χ1n) is 5.99. The van der Waals surface area contributed by atoms with Gasteiger partial charge in [0.25, 0.3) is 0 Å². The lowest BCUT2D eigenvalue weighted by molar-refractivity contribution is 0.570. The molecule has 20 heavy (non-hydrogen) atoms. The van der Waals surface area contributed by atoms with E-state index in [0.717, 1.165) is 18.2 Å². The number of rotatable bonds is 4. The van der Waals surface area contributed by atoms with Crippen LogP contribution in [-0.2, 0) is 19.9 Å². The molecule has 0 radical (unpaired) electrons. The van der Waals surface area contributed by atoms with Crippen LogP contribution in [0.3, 0.4) is 0 Å². The molecule has 1 fully saturated rings. The molecule has 1 aromatic carbocycles. The SMILES string of the molecule is Nc1cc(S(=O)(=O)NCC2CCCS2(=O)=O)ccc1F. The highest BCUT2D eigenvalue weighted by Gasteiger charge is 2.32. The summed E-state index contributed by atoms with van der Waals surface area (Å²) >= 11 is 0. The first-order chi connectivity index (χ1) is 9.22. The number of hydrogen-bond acceptors (Lipinski definition) is 5. The predicted molar refractivity (Wildman–Crippen MR) is 72.8 cm³/mol. The molecule has 2 rings (SSSR count). The van der Waals surface area contributed by atoms with E-state index < -0.39 is 30.9 Å². The molecule has 112 valence electrons. The summed E-state index contributed by atoms with van der Waals surface area (Å²) in [7, 11) is -7.12. The minimum atomic E-state index is -3.90. The number of hydrogen-bond donors (Lipinski definition) is 2. The summed E-state index contributed by atoms with van der Waals surface area (Å²) in [6.45, 7) is -0.179. The van der Waals surface area contributed by atoms with Crippen LogP contribution >= 0.6 is 0 Å². The van der Waals surface area contributed by atoms with Crippen molar-refractivity contribution in [3.05, 3.63) is 24.0 Å². The van der Waals surface area contributed by atoms with Crippen LogP contribution in [0.15, 0.2) is 23.1 Å². The van der Waals surface area contributed by atoms with E-state index in [0.29, 0.717) is 12.8 Å². The van der Waals surface area contributed by atoms with E-state index in [4.69, 9.17) is 5.73 Å². The average Bonchev–Trinajstić information content (AvgIpc) is 2.69. The van der Waals surface area contributed by atoms with Crippen LogP contribution in [0, 0.1) is 5.82 Å². The van der Waals surface area contributed by atoms with Gasteiger partial charge >= 0.3 is 0 Å². The zero-order valence-corrected chi connectivity index (χ0v) is 12.2. The van der Waals surface area contributed by atoms with E-state index in [-0.39, 0.29) is 22.9 Å². The third-order valence-electron chi connectivity index (χ3n) is 3.24. The van der Waals surface area contributed by atoms with E-state index in [1.807, 2.05) is 0 Å². The number of nitrogen functional groups attached to an aromatic ring is 1. The van der Waals surface area contributed by atoms with Crippen LogP contribution in [0.4, 0.5) is 10.1 Å². The Bertz CT molecular complexity index is 716. The second-order valence-electron chi connectivity index (χ2n) is 4.67. The average molecular weight is 322 g/mol. The molecule has 0 aromatic heterocycles. The summed E-state index contributed by atoms with van der Waals surface area (Å²) in [6, 6.07) is 3.04. The molecule has 1 saturated heterocycles. The number of nitrogens with two attached hydrogens (primary N) is 1. The maximum absolute atomic E-state index is 13.0. The van der Waals surface area contributed by atoms with Gasteiger partial charge in [-0.25, -0.2) is 25.9 Å². The van der Waals surface area contributed by atoms with Crippen molar-refractivity contribution in [2.45, 2.75) is 23.0 Å². The molecular weight excluding hydrogens is 307 g/mol. The molecule has 1 heterocycles. The normalized spacial score (nSPS) is 21.9. The van der Waals surface area contributed by atoms with Crippen LogP contribution in [-0.4, -0.2) is 34.4 Å². The fourth-order valence-corrected chi connectivity index (χ4v) is 5.05. The number of halogens is 1. The second kappa shape index (κ2) is 5.30. The van der Waals surface area contributed by atoms with Crippen molar-refractivity contribution < 1.29 is 21.2 Å². The van der Waals surface area contributed by atoms with Gasteiger partial charge in [0, 0.05) is 6.54 Å². The van der Waals surface area contributed by atoms with Crippen molar-refractivity contribution in [1.29, 1.82) is 0 Å². The first-order valence-corrected chi connectivity index (χ1v) is 9.18. The minimum Gasteiger partial charge on any atom is -0.396 e. The van der Waals surface area contributed by atoms with Gasteiger partial charge in [-0.1, -0.05) is 0 Å². The summed E-state index contributed by atoms with van der Waals surface area (Å²) < 4.78 is 62.4. The predicted octanol–water partition coefficient (Wildman–Crippen LogP) is 0.263. The van der Waals surface area contributed by atoms with Gasteiger partial charge in [-0.2, -0.15) is 0 Å². The molecule has 6 nitrogen and oxygen atoms in total. The highest BCUT2D eigenvalue weighted by Crippen LogP contribution is 2.21. The topological polar surface area (TPSA) is 106 Å². The van der Waals surface area contributed by atoms with Gasteiger partial charge in [-0.15, -0.1) is 0 Å². The van der Waals surface area contributed by atoms with Crippen LogP contribution in [0.25, 0.3) is 0 Å².